The van der Waals surface area contributed by atoms with Crippen LogP contribution in [0.15, 0.2) is 6.20 Å². The molecule has 2 heterocycles. The summed E-state index contributed by atoms with van der Waals surface area (Å²) in [5.74, 6) is 0.382. The molecule has 0 aliphatic heterocycles. The highest BCUT2D eigenvalue weighted by molar-refractivity contribution is 5.92. The van der Waals surface area contributed by atoms with Gasteiger partial charge in [-0.1, -0.05) is 0 Å². The van der Waals surface area contributed by atoms with Crippen LogP contribution < -0.4 is 5.73 Å². The van der Waals surface area contributed by atoms with Gasteiger partial charge in [-0.2, -0.15) is 9.50 Å². The van der Waals surface area contributed by atoms with Crippen LogP contribution >= 0.6 is 0 Å². The van der Waals surface area contributed by atoms with E-state index >= 15 is 0 Å². The van der Waals surface area contributed by atoms with Crippen molar-refractivity contribution in [3.63, 3.8) is 0 Å². The Kier molecular flexibility index (Phi) is 1.65. The van der Waals surface area contributed by atoms with Gasteiger partial charge in [0, 0.05) is 12.1 Å². The molecule has 0 unspecified atom stereocenters. The van der Waals surface area contributed by atoms with E-state index in [0.717, 1.165) is 12.8 Å². The van der Waals surface area contributed by atoms with Crippen LogP contribution in [-0.2, 0) is 0 Å². The Morgan fingerprint density at radius 3 is 2.94 bits per heavy atom. The molecule has 0 bridgehead atoms. The number of carboxylic acid groups (broad SMARTS) is 1. The molecule has 1 saturated carbocycles. The van der Waals surface area contributed by atoms with Gasteiger partial charge >= 0.3 is 5.97 Å². The molecule has 16 heavy (non-hydrogen) atoms. The highest BCUT2D eigenvalue weighted by Gasteiger charge is 2.28. The molecule has 2 aromatic rings. The zero-order valence-corrected chi connectivity index (χ0v) is 8.29. The number of rotatable bonds is 2. The molecule has 0 saturated heterocycles. The van der Waals surface area contributed by atoms with E-state index in [1.165, 1.54) is 10.7 Å². The highest BCUT2D eigenvalue weighted by atomic mass is 16.4. The van der Waals surface area contributed by atoms with Crippen LogP contribution in [0.5, 0.6) is 0 Å². The van der Waals surface area contributed by atoms with E-state index in [4.69, 9.17) is 10.8 Å². The largest absolute Gasteiger partial charge is 0.477 e. The van der Waals surface area contributed by atoms with E-state index in [1.807, 2.05) is 0 Å². The number of nitrogens with two attached hydrogens (primary N) is 1. The monoisotopic (exact) mass is 219 g/mol. The molecule has 1 fully saturated rings. The summed E-state index contributed by atoms with van der Waals surface area (Å²) < 4.78 is 1.29. The molecule has 82 valence electrons. The zero-order chi connectivity index (χ0) is 11.3. The Morgan fingerprint density at radius 1 is 1.56 bits per heavy atom. The number of fused-ring (bicyclic) bond motifs is 1. The Bertz CT molecular complexity index is 587. The molecule has 0 spiro atoms. The van der Waals surface area contributed by atoms with Crippen LogP contribution in [-0.4, -0.2) is 30.7 Å². The van der Waals surface area contributed by atoms with E-state index in [2.05, 4.69) is 15.1 Å². The van der Waals surface area contributed by atoms with E-state index in [-0.39, 0.29) is 11.4 Å². The van der Waals surface area contributed by atoms with Gasteiger partial charge in [-0.15, -0.1) is 5.10 Å². The Morgan fingerprint density at radius 2 is 2.31 bits per heavy atom. The zero-order valence-electron chi connectivity index (χ0n) is 8.29. The Balaban J connectivity index is 2.22. The summed E-state index contributed by atoms with van der Waals surface area (Å²) in [6.07, 6.45) is 3.35. The maximum atomic E-state index is 10.8. The molecule has 3 rings (SSSR count). The summed E-state index contributed by atoms with van der Waals surface area (Å²) in [7, 11) is 0. The number of nitrogens with zero attached hydrogens (tertiary/aromatic N) is 4. The number of hydrogen-bond acceptors (Lipinski definition) is 5. The molecule has 0 amide bonds. The molecule has 7 nitrogen and oxygen atoms in total. The van der Waals surface area contributed by atoms with Gasteiger partial charge in [-0.25, -0.2) is 9.78 Å². The van der Waals surface area contributed by atoms with Crippen molar-refractivity contribution >= 4 is 17.6 Å². The van der Waals surface area contributed by atoms with E-state index in [9.17, 15) is 4.79 Å². The average molecular weight is 219 g/mol. The van der Waals surface area contributed by atoms with Gasteiger partial charge in [0.2, 0.25) is 0 Å². The van der Waals surface area contributed by atoms with Crippen molar-refractivity contribution in [1.82, 2.24) is 19.6 Å². The topological polar surface area (TPSA) is 106 Å². The van der Waals surface area contributed by atoms with E-state index in [0.29, 0.717) is 17.5 Å². The van der Waals surface area contributed by atoms with Crippen LogP contribution in [0, 0.1) is 0 Å². The molecule has 3 N–H and O–H groups in total. The summed E-state index contributed by atoms with van der Waals surface area (Å²) in [4.78, 5) is 19.0. The van der Waals surface area contributed by atoms with Gasteiger partial charge in [-0.3, -0.25) is 0 Å². The molecular formula is C9H9N5O2. The fraction of sp³-hybridized carbons (Fsp3) is 0.333. The second kappa shape index (κ2) is 2.91. The molecule has 0 atom stereocenters. The third-order valence-corrected chi connectivity index (χ3v) is 2.59. The first kappa shape index (κ1) is 9.08. The fourth-order valence-electron chi connectivity index (χ4n) is 1.55. The van der Waals surface area contributed by atoms with E-state index in [1.54, 1.807) is 0 Å². The van der Waals surface area contributed by atoms with E-state index < -0.39 is 5.97 Å². The summed E-state index contributed by atoms with van der Waals surface area (Å²) in [5.41, 5.74) is 5.64. The lowest BCUT2D eigenvalue weighted by molar-refractivity contribution is 0.0697. The van der Waals surface area contributed by atoms with Gasteiger partial charge in [0.15, 0.2) is 5.82 Å². The maximum absolute atomic E-state index is 10.8. The number of carboxylic acids is 1. The standard InChI is InChI=1S/C9H9N5O2/c10-6-5(8(15)16)3-11-9-12-7(4-1-2-4)13-14(6)9/h3-4H,1-2,10H2,(H,15,16). The minimum Gasteiger partial charge on any atom is -0.477 e. The Labute approximate surface area is 89.9 Å². The first-order chi connectivity index (χ1) is 7.66. The van der Waals surface area contributed by atoms with Gasteiger partial charge in [0.05, 0.1) is 0 Å². The molecule has 1 aliphatic rings. The number of hydrogen-bond donors (Lipinski definition) is 2. The second-order valence-corrected chi connectivity index (χ2v) is 3.82. The average Bonchev–Trinajstić information content (AvgIpc) is 2.99. The van der Waals surface area contributed by atoms with Crippen molar-refractivity contribution in [1.29, 1.82) is 0 Å². The summed E-state index contributed by atoms with van der Waals surface area (Å²) in [5, 5.41) is 13.0. The van der Waals surface area contributed by atoms with Gasteiger partial charge in [-0.05, 0) is 12.8 Å². The lowest BCUT2D eigenvalue weighted by Gasteiger charge is -2.00. The minimum absolute atomic E-state index is 0.0558. The Hall–Kier alpha value is -2.18. The van der Waals surface area contributed by atoms with Crippen molar-refractivity contribution in [2.24, 2.45) is 0 Å². The van der Waals surface area contributed by atoms with Crippen LogP contribution in [0.2, 0.25) is 0 Å². The van der Waals surface area contributed by atoms with Crippen LogP contribution in [0.1, 0.15) is 34.9 Å². The summed E-state index contributed by atoms with van der Waals surface area (Å²) >= 11 is 0. The van der Waals surface area contributed by atoms with Crippen LogP contribution in [0.3, 0.4) is 0 Å². The number of aromatic carboxylic acids is 1. The smallest absolute Gasteiger partial charge is 0.341 e. The normalized spacial score (nSPS) is 15.5. The SMILES string of the molecule is Nc1c(C(=O)O)cnc2nc(C3CC3)nn12. The predicted molar refractivity (Wildman–Crippen MR) is 54.1 cm³/mol. The van der Waals surface area contributed by atoms with Crippen molar-refractivity contribution in [3.05, 3.63) is 17.6 Å². The van der Waals surface area contributed by atoms with Gasteiger partial charge in [0.1, 0.15) is 11.4 Å². The fourth-order valence-corrected chi connectivity index (χ4v) is 1.55. The molecule has 0 aromatic carbocycles. The minimum atomic E-state index is -1.12. The van der Waals surface area contributed by atoms with Gasteiger partial charge in [0.25, 0.3) is 5.78 Å². The number of nitrogen functional groups attached to an aromatic ring is 1. The lowest BCUT2D eigenvalue weighted by Crippen LogP contribution is -2.09. The molecular weight excluding hydrogens is 210 g/mol. The summed E-state index contributed by atoms with van der Waals surface area (Å²) in [6, 6.07) is 0. The second-order valence-electron chi connectivity index (χ2n) is 3.82. The summed E-state index contributed by atoms with van der Waals surface area (Å²) in [6.45, 7) is 0. The lowest BCUT2D eigenvalue weighted by atomic mass is 10.3. The third kappa shape index (κ3) is 1.21. The van der Waals surface area contributed by atoms with Crippen molar-refractivity contribution < 1.29 is 9.90 Å². The molecule has 0 radical (unpaired) electrons. The van der Waals surface area contributed by atoms with Gasteiger partial charge < -0.3 is 10.8 Å². The van der Waals surface area contributed by atoms with Crippen LogP contribution in [0.4, 0.5) is 5.82 Å². The third-order valence-electron chi connectivity index (χ3n) is 2.59. The number of anilines is 1. The van der Waals surface area contributed by atoms with Crippen molar-refractivity contribution in [2.45, 2.75) is 18.8 Å². The number of carbonyl (C=O) groups is 1. The van der Waals surface area contributed by atoms with Crippen LogP contribution in [0.25, 0.3) is 5.78 Å². The number of aromatic nitrogens is 4. The highest BCUT2D eigenvalue weighted by Crippen LogP contribution is 2.38. The van der Waals surface area contributed by atoms with Crippen molar-refractivity contribution in [2.75, 3.05) is 5.73 Å². The first-order valence-corrected chi connectivity index (χ1v) is 4.91. The quantitative estimate of drug-likeness (QED) is 0.751. The molecule has 7 heteroatoms. The van der Waals surface area contributed by atoms with Crippen molar-refractivity contribution in [3.8, 4) is 0 Å². The maximum Gasteiger partial charge on any atom is 0.341 e. The molecule has 2 aromatic heterocycles. The molecule has 1 aliphatic carbocycles. The predicted octanol–water partition coefficient (Wildman–Crippen LogP) is 0.282. The first-order valence-electron chi connectivity index (χ1n) is 4.91.